The van der Waals surface area contributed by atoms with Crippen LogP contribution in [0.1, 0.15) is 32.1 Å². The van der Waals surface area contributed by atoms with Gasteiger partial charge in [0.05, 0.1) is 11.1 Å². The zero-order valence-corrected chi connectivity index (χ0v) is 17.1. The van der Waals surface area contributed by atoms with Crippen molar-refractivity contribution in [2.75, 3.05) is 31.5 Å². The van der Waals surface area contributed by atoms with Gasteiger partial charge in [0, 0.05) is 12.7 Å². The van der Waals surface area contributed by atoms with E-state index in [-0.39, 0.29) is 0 Å². The number of hydrogen-bond acceptors (Lipinski definition) is 6. The Morgan fingerprint density at radius 3 is 2.80 bits per heavy atom. The number of carbonyl (C=O) groups excluding carboxylic acids is 1. The Kier molecular flexibility index (Phi) is 6.44. The highest BCUT2D eigenvalue weighted by atomic mass is 16.5. The van der Waals surface area contributed by atoms with Gasteiger partial charge in [-0.15, -0.1) is 0 Å². The molecule has 1 aromatic carbocycles. The van der Waals surface area contributed by atoms with Gasteiger partial charge in [0.1, 0.15) is 17.2 Å². The fourth-order valence-electron chi connectivity index (χ4n) is 3.93. The van der Waals surface area contributed by atoms with E-state index in [1.165, 1.54) is 38.8 Å². The highest BCUT2D eigenvalue weighted by Crippen LogP contribution is 2.30. The Balaban J connectivity index is 1.46. The number of nitrogens with one attached hydrogen (secondary N) is 2. The summed E-state index contributed by atoms with van der Waals surface area (Å²) in [6, 6.07) is 9.18. The van der Waals surface area contributed by atoms with Gasteiger partial charge >= 0.3 is 6.09 Å². The summed E-state index contributed by atoms with van der Waals surface area (Å²) < 4.78 is 5.07. The number of primary amides is 1. The summed E-state index contributed by atoms with van der Waals surface area (Å²) in [5, 5.41) is 3.45. The standard InChI is InChI=1S/C22H28N6O2/c23-22(29)30-18-10-5-9-17-19(18)27-21(26-17)16-8-6-11-24-20(16)25-12-7-15-28-13-3-1-2-4-14-28/h5-6,8-11H,1-4,7,12-15H2,(H2,23,29)(H,24,25)(H,26,27). The van der Waals surface area contributed by atoms with Crippen LogP contribution in [0.5, 0.6) is 5.75 Å². The Morgan fingerprint density at radius 1 is 1.17 bits per heavy atom. The molecule has 4 N–H and O–H groups in total. The lowest BCUT2D eigenvalue weighted by molar-refractivity contribution is 0.211. The van der Waals surface area contributed by atoms with Crippen LogP contribution >= 0.6 is 0 Å². The first-order valence-corrected chi connectivity index (χ1v) is 10.6. The van der Waals surface area contributed by atoms with Crippen molar-refractivity contribution in [2.45, 2.75) is 32.1 Å². The molecule has 1 saturated heterocycles. The molecule has 0 aliphatic carbocycles. The minimum Gasteiger partial charge on any atom is -0.408 e. The second-order valence-corrected chi connectivity index (χ2v) is 7.59. The molecule has 0 saturated carbocycles. The quantitative estimate of drug-likeness (QED) is 0.514. The lowest BCUT2D eigenvalue weighted by Gasteiger charge is -2.19. The van der Waals surface area contributed by atoms with E-state index in [0.717, 1.165) is 36.4 Å². The molecule has 8 nitrogen and oxygen atoms in total. The van der Waals surface area contributed by atoms with Gasteiger partial charge in [0.15, 0.2) is 5.75 Å². The van der Waals surface area contributed by atoms with Crippen molar-refractivity contribution in [1.82, 2.24) is 19.9 Å². The zero-order valence-electron chi connectivity index (χ0n) is 17.1. The molecule has 158 valence electrons. The Bertz CT molecular complexity index is 994. The summed E-state index contributed by atoms with van der Waals surface area (Å²) in [7, 11) is 0. The molecular formula is C22H28N6O2. The number of H-pyrrole nitrogens is 1. The molecule has 1 amide bonds. The topological polar surface area (TPSA) is 109 Å². The van der Waals surface area contributed by atoms with Gasteiger partial charge < -0.3 is 25.7 Å². The summed E-state index contributed by atoms with van der Waals surface area (Å²) in [4.78, 5) is 26.1. The molecule has 8 heteroatoms. The second-order valence-electron chi connectivity index (χ2n) is 7.59. The summed E-state index contributed by atoms with van der Waals surface area (Å²) >= 11 is 0. The van der Waals surface area contributed by atoms with Crippen LogP contribution in [0, 0.1) is 0 Å². The lowest BCUT2D eigenvalue weighted by Crippen LogP contribution is -2.27. The monoisotopic (exact) mass is 408 g/mol. The molecular weight excluding hydrogens is 380 g/mol. The predicted molar refractivity (Wildman–Crippen MR) is 118 cm³/mol. The van der Waals surface area contributed by atoms with Crippen LogP contribution in [0.15, 0.2) is 36.5 Å². The van der Waals surface area contributed by atoms with E-state index in [0.29, 0.717) is 17.1 Å². The molecule has 0 radical (unpaired) electrons. The minimum atomic E-state index is -0.861. The molecule has 0 unspecified atom stereocenters. The third-order valence-electron chi connectivity index (χ3n) is 5.39. The molecule has 3 aromatic rings. The van der Waals surface area contributed by atoms with Crippen LogP contribution in [-0.4, -0.2) is 52.1 Å². The van der Waals surface area contributed by atoms with Gasteiger partial charge in [-0.25, -0.2) is 14.8 Å². The van der Waals surface area contributed by atoms with E-state index in [1.807, 2.05) is 18.2 Å². The van der Waals surface area contributed by atoms with Crippen LogP contribution < -0.4 is 15.8 Å². The Labute approximate surface area is 175 Å². The number of para-hydroxylation sites is 1. The molecule has 1 fully saturated rings. The molecule has 30 heavy (non-hydrogen) atoms. The Morgan fingerprint density at radius 2 is 2.00 bits per heavy atom. The zero-order chi connectivity index (χ0) is 20.8. The number of amides is 1. The van der Waals surface area contributed by atoms with Gasteiger partial charge in [0.2, 0.25) is 0 Å². The number of benzene rings is 1. The number of aromatic nitrogens is 3. The maximum absolute atomic E-state index is 11.2. The van der Waals surface area contributed by atoms with Crippen LogP contribution in [0.4, 0.5) is 10.6 Å². The smallest absolute Gasteiger partial charge is 0.408 e. The fourth-order valence-corrected chi connectivity index (χ4v) is 3.93. The second kappa shape index (κ2) is 9.58. The Hall–Kier alpha value is -3.13. The van der Waals surface area contributed by atoms with Crippen molar-refractivity contribution in [2.24, 2.45) is 5.73 Å². The number of rotatable bonds is 7. The molecule has 0 atom stereocenters. The molecule has 0 spiro atoms. The highest BCUT2D eigenvalue weighted by Gasteiger charge is 2.14. The molecule has 2 aromatic heterocycles. The maximum Gasteiger partial charge on any atom is 0.410 e. The predicted octanol–water partition coefficient (Wildman–Crippen LogP) is 3.76. The normalized spacial score (nSPS) is 15.1. The van der Waals surface area contributed by atoms with Gasteiger partial charge in [-0.1, -0.05) is 18.9 Å². The van der Waals surface area contributed by atoms with E-state index >= 15 is 0 Å². The van der Waals surface area contributed by atoms with E-state index in [1.54, 1.807) is 18.3 Å². The minimum absolute atomic E-state index is 0.332. The van der Waals surface area contributed by atoms with E-state index in [2.05, 4.69) is 25.2 Å². The number of fused-ring (bicyclic) bond motifs is 1. The summed E-state index contributed by atoms with van der Waals surface area (Å²) in [5.74, 6) is 1.77. The number of hydrogen-bond donors (Lipinski definition) is 3. The number of nitrogens with two attached hydrogens (primary N) is 1. The van der Waals surface area contributed by atoms with Gasteiger partial charge in [-0.05, 0) is 63.2 Å². The van der Waals surface area contributed by atoms with Gasteiger partial charge in [0.25, 0.3) is 0 Å². The van der Waals surface area contributed by atoms with Crippen molar-refractivity contribution < 1.29 is 9.53 Å². The van der Waals surface area contributed by atoms with E-state index < -0.39 is 6.09 Å². The first kappa shape index (κ1) is 20.2. The van der Waals surface area contributed by atoms with Crippen LogP contribution in [0.25, 0.3) is 22.4 Å². The first-order chi connectivity index (χ1) is 14.7. The summed E-state index contributed by atoms with van der Waals surface area (Å²) in [6.45, 7) is 4.37. The summed E-state index contributed by atoms with van der Waals surface area (Å²) in [5.41, 5.74) is 7.36. The van der Waals surface area contributed by atoms with Gasteiger partial charge in [-0.2, -0.15) is 0 Å². The maximum atomic E-state index is 11.2. The number of ether oxygens (including phenoxy) is 1. The average molecular weight is 409 g/mol. The largest absolute Gasteiger partial charge is 0.410 e. The van der Waals surface area contributed by atoms with Crippen LogP contribution in [0.3, 0.4) is 0 Å². The molecule has 1 aliphatic heterocycles. The van der Waals surface area contributed by atoms with Crippen LogP contribution in [-0.2, 0) is 0 Å². The molecule has 3 heterocycles. The number of aromatic amines is 1. The molecule has 4 rings (SSSR count). The molecule has 1 aliphatic rings. The van der Waals surface area contributed by atoms with Gasteiger partial charge in [-0.3, -0.25) is 0 Å². The number of carbonyl (C=O) groups is 1. The summed E-state index contributed by atoms with van der Waals surface area (Å²) in [6.07, 6.45) is 7.31. The number of anilines is 1. The number of pyridine rings is 1. The number of imidazole rings is 1. The first-order valence-electron chi connectivity index (χ1n) is 10.6. The highest BCUT2D eigenvalue weighted by molar-refractivity contribution is 5.88. The fraction of sp³-hybridized carbons (Fsp3) is 0.409. The number of nitrogens with zero attached hydrogens (tertiary/aromatic N) is 3. The van der Waals surface area contributed by atoms with Crippen molar-refractivity contribution >= 4 is 22.9 Å². The third-order valence-corrected chi connectivity index (χ3v) is 5.39. The molecule has 0 bridgehead atoms. The van der Waals surface area contributed by atoms with Crippen molar-refractivity contribution in [3.05, 3.63) is 36.5 Å². The third kappa shape index (κ3) is 4.88. The van der Waals surface area contributed by atoms with E-state index in [9.17, 15) is 4.79 Å². The number of likely N-dealkylation sites (tertiary alicyclic amines) is 1. The average Bonchev–Trinajstić information content (AvgIpc) is 3.01. The van der Waals surface area contributed by atoms with Crippen LogP contribution in [0.2, 0.25) is 0 Å². The van der Waals surface area contributed by atoms with E-state index in [4.69, 9.17) is 10.5 Å². The lowest BCUT2D eigenvalue weighted by atomic mass is 10.2. The van der Waals surface area contributed by atoms with Crippen molar-refractivity contribution in [1.29, 1.82) is 0 Å². The SMILES string of the molecule is NC(=O)Oc1cccc2[nH]c(-c3cccnc3NCCCN3CCCCCC3)nc12. The van der Waals surface area contributed by atoms with Crippen molar-refractivity contribution in [3.63, 3.8) is 0 Å². The van der Waals surface area contributed by atoms with Crippen molar-refractivity contribution in [3.8, 4) is 17.1 Å².